The zero-order valence-electron chi connectivity index (χ0n) is 12.6. The topological polar surface area (TPSA) is 73.9 Å². The third kappa shape index (κ3) is 10.6. The van der Waals surface area contributed by atoms with Gasteiger partial charge in [0.15, 0.2) is 0 Å². The lowest BCUT2D eigenvalue weighted by atomic mass is 10.1. The van der Waals surface area contributed by atoms with Crippen LogP contribution in [-0.2, 0) is 0 Å². The molecule has 0 fully saturated rings. The van der Waals surface area contributed by atoms with Crippen LogP contribution in [0.2, 0.25) is 0 Å². The van der Waals surface area contributed by atoms with Crippen molar-refractivity contribution >= 4 is 0 Å². The van der Waals surface area contributed by atoms with E-state index in [1.165, 1.54) is 17.9 Å². The lowest BCUT2D eigenvalue weighted by Crippen LogP contribution is -2.34. The maximum atomic E-state index is 11.3. The molecule has 0 aromatic heterocycles. The molecule has 0 aromatic carbocycles. The lowest BCUT2D eigenvalue weighted by Gasteiger charge is -2.17. The Morgan fingerprint density at radius 2 is 1.84 bits per heavy atom. The fourth-order valence-corrected chi connectivity index (χ4v) is 1.83. The number of hydrazine groups is 1. The third-order valence-electron chi connectivity index (χ3n) is 2.99. The van der Waals surface area contributed by atoms with Gasteiger partial charge in [-0.2, -0.15) is 0 Å². The van der Waals surface area contributed by atoms with Crippen LogP contribution in [0.1, 0.15) is 52.9 Å². The SMILES string of the molecule is CCCCN(CCCNCCCC(C)C)/[N+]([O-])=N/O. The minimum Gasteiger partial charge on any atom is -0.569 e. The normalized spacial score (nSPS) is 12.1. The number of hydrogen-bond donors (Lipinski definition) is 2. The molecule has 0 aliphatic heterocycles. The molecule has 0 spiro atoms. The van der Waals surface area contributed by atoms with Crippen molar-refractivity contribution in [2.24, 2.45) is 11.2 Å². The zero-order valence-corrected chi connectivity index (χ0v) is 12.6. The molecule has 0 amide bonds. The van der Waals surface area contributed by atoms with E-state index >= 15 is 0 Å². The summed E-state index contributed by atoms with van der Waals surface area (Å²) in [5, 5.41) is 27.3. The Kier molecular flexibility index (Phi) is 11.4. The van der Waals surface area contributed by atoms with Gasteiger partial charge in [0.05, 0.1) is 18.1 Å². The van der Waals surface area contributed by atoms with E-state index in [0.717, 1.165) is 38.3 Å². The van der Waals surface area contributed by atoms with E-state index in [1.807, 2.05) is 0 Å². The van der Waals surface area contributed by atoms with Crippen LogP contribution in [-0.4, -0.2) is 41.4 Å². The van der Waals surface area contributed by atoms with Gasteiger partial charge in [-0.1, -0.05) is 27.2 Å². The predicted octanol–water partition coefficient (Wildman–Crippen LogP) is 2.77. The Balaban J connectivity index is 3.63. The van der Waals surface area contributed by atoms with Crippen LogP contribution >= 0.6 is 0 Å². The van der Waals surface area contributed by atoms with E-state index in [9.17, 15) is 5.21 Å². The van der Waals surface area contributed by atoms with Crippen molar-refractivity contribution in [3.63, 3.8) is 0 Å². The average Bonchev–Trinajstić information content (AvgIpc) is 2.39. The van der Waals surface area contributed by atoms with Crippen molar-refractivity contribution in [2.75, 3.05) is 26.2 Å². The van der Waals surface area contributed by atoms with Gasteiger partial charge < -0.3 is 15.7 Å². The van der Waals surface area contributed by atoms with Gasteiger partial charge >= 0.3 is 0 Å². The summed E-state index contributed by atoms with van der Waals surface area (Å²) in [4.78, 5) is 0.286. The van der Waals surface area contributed by atoms with Crippen LogP contribution < -0.4 is 5.32 Å². The number of rotatable bonds is 12. The molecule has 6 nitrogen and oxygen atoms in total. The molecule has 0 aromatic rings. The molecule has 0 aliphatic rings. The molecule has 0 rings (SSSR count). The molecule has 0 saturated carbocycles. The van der Waals surface area contributed by atoms with Crippen LogP contribution in [0.25, 0.3) is 0 Å². The third-order valence-corrected chi connectivity index (χ3v) is 2.99. The maximum Gasteiger partial charge on any atom is 0.230 e. The largest absolute Gasteiger partial charge is 0.569 e. The number of hydrogen-bond acceptors (Lipinski definition) is 3. The first-order valence-electron chi connectivity index (χ1n) is 7.39. The molecule has 0 atom stereocenters. The Bertz CT molecular complexity index is 235. The standard InChI is InChI=1S/C13H30N4O2/c1-4-5-11-16(17(19)15-18)12-7-10-14-9-6-8-13(2)3/h13-14,18H,4-12H2,1-3H3/b17-15-. The molecule has 19 heavy (non-hydrogen) atoms. The second kappa shape index (κ2) is 12.0. The van der Waals surface area contributed by atoms with Gasteiger partial charge in [0.2, 0.25) is 5.28 Å². The fourth-order valence-electron chi connectivity index (χ4n) is 1.83. The maximum absolute atomic E-state index is 11.3. The number of unbranched alkanes of at least 4 members (excludes halogenated alkanes) is 1. The van der Waals surface area contributed by atoms with Crippen LogP contribution in [0.4, 0.5) is 0 Å². The molecule has 6 heteroatoms. The lowest BCUT2D eigenvalue weighted by molar-refractivity contribution is -0.709. The van der Waals surface area contributed by atoms with E-state index in [-0.39, 0.29) is 4.97 Å². The van der Waals surface area contributed by atoms with Gasteiger partial charge in [0, 0.05) is 0 Å². The zero-order chi connectivity index (χ0) is 14.5. The molecule has 2 N–H and O–H groups in total. The van der Waals surface area contributed by atoms with Crippen LogP contribution in [0.15, 0.2) is 5.28 Å². The first-order chi connectivity index (χ1) is 9.11. The summed E-state index contributed by atoms with van der Waals surface area (Å²) >= 11 is 0. The van der Waals surface area contributed by atoms with Gasteiger partial charge in [0.1, 0.15) is 0 Å². The highest BCUT2D eigenvalue weighted by Crippen LogP contribution is 2.02. The summed E-state index contributed by atoms with van der Waals surface area (Å²) in [6.07, 6.45) is 5.25. The van der Waals surface area contributed by atoms with Gasteiger partial charge in [-0.15, -0.1) is 5.01 Å². The Hall–Kier alpha value is -1.04. The summed E-state index contributed by atoms with van der Waals surface area (Å²) in [6.45, 7) is 9.69. The molecule has 0 radical (unpaired) electrons. The summed E-state index contributed by atoms with van der Waals surface area (Å²) < 4.78 is 0. The summed E-state index contributed by atoms with van der Waals surface area (Å²) in [6, 6.07) is 0. The van der Waals surface area contributed by atoms with Crippen molar-refractivity contribution in [1.29, 1.82) is 0 Å². The molecule has 0 saturated heterocycles. The molecular formula is C13H30N4O2. The molecule has 0 unspecified atom stereocenters. The molecule has 0 bridgehead atoms. The Morgan fingerprint density at radius 3 is 2.42 bits per heavy atom. The van der Waals surface area contributed by atoms with Crippen molar-refractivity contribution in [1.82, 2.24) is 10.3 Å². The van der Waals surface area contributed by atoms with Gasteiger partial charge in [-0.05, 0) is 44.7 Å². The predicted molar refractivity (Wildman–Crippen MR) is 75.9 cm³/mol. The van der Waals surface area contributed by atoms with Crippen LogP contribution in [0.3, 0.4) is 0 Å². The van der Waals surface area contributed by atoms with Crippen LogP contribution in [0.5, 0.6) is 0 Å². The second-order valence-corrected chi connectivity index (χ2v) is 5.29. The minimum absolute atomic E-state index is 0.286. The molecule has 0 aliphatic carbocycles. The Labute approximate surface area is 117 Å². The second-order valence-electron chi connectivity index (χ2n) is 5.29. The van der Waals surface area contributed by atoms with E-state index < -0.39 is 0 Å². The highest BCUT2D eigenvalue weighted by Gasteiger charge is 2.11. The van der Waals surface area contributed by atoms with Crippen molar-refractivity contribution in [2.45, 2.75) is 52.9 Å². The van der Waals surface area contributed by atoms with E-state index in [0.29, 0.717) is 13.1 Å². The monoisotopic (exact) mass is 274 g/mol. The highest BCUT2D eigenvalue weighted by atomic mass is 16.6. The average molecular weight is 274 g/mol. The Morgan fingerprint density at radius 1 is 1.21 bits per heavy atom. The quantitative estimate of drug-likeness (QED) is 0.248. The van der Waals surface area contributed by atoms with Gasteiger partial charge in [-0.3, -0.25) is 0 Å². The van der Waals surface area contributed by atoms with Crippen molar-refractivity contribution in [3.8, 4) is 0 Å². The number of nitrogens with zero attached hydrogens (tertiary/aromatic N) is 3. The van der Waals surface area contributed by atoms with Crippen molar-refractivity contribution in [3.05, 3.63) is 5.21 Å². The van der Waals surface area contributed by atoms with Crippen LogP contribution in [0, 0.1) is 11.1 Å². The highest BCUT2D eigenvalue weighted by molar-refractivity contribution is 4.53. The minimum atomic E-state index is 0.286. The summed E-state index contributed by atoms with van der Waals surface area (Å²) in [5.74, 6) is 0.756. The first-order valence-corrected chi connectivity index (χ1v) is 7.39. The smallest absolute Gasteiger partial charge is 0.230 e. The molecular weight excluding hydrogens is 244 g/mol. The summed E-state index contributed by atoms with van der Waals surface area (Å²) in [5.41, 5.74) is 0. The van der Waals surface area contributed by atoms with E-state index in [1.54, 1.807) is 0 Å². The van der Waals surface area contributed by atoms with E-state index in [4.69, 9.17) is 5.21 Å². The fraction of sp³-hybridized carbons (Fsp3) is 1.00. The van der Waals surface area contributed by atoms with Gasteiger partial charge in [0.25, 0.3) is 0 Å². The first kappa shape index (κ1) is 18.0. The van der Waals surface area contributed by atoms with Gasteiger partial charge in [-0.25, -0.2) is 0 Å². The number of nitrogens with one attached hydrogen (secondary N) is 1. The summed E-state index contributed by atoms with van der Waals surface area (Å²) in [7, 11) is 0. The van der Waals surface area contributed by atoms with E-state index in [2.05, 4.69) is 31.4 Å². The molecule has 0 heterocycles. The molecule has 114 valence electrons. The van der Waals surface area contributed by atoms with Crippen molar-refractivity contribution < 1.29 is 10.2 Å².